The van der Waals surface area contributed by atoms with Crippen molar-refractivity contribution >= 4 is 5.91 Å². The molecule has 1 amide bonds. The Labute approximate surface area is 117 Å². The fourth-order valence-corrected chi connectivity index (χ4v) is 1.71. The van der Waals surface area contributed by atoms with Crippen LogP contribution in [0.5, 0.6) is 0 Å². The first kappa shape index (κ1) is 16.2. The average Bonchev–Trinajstić information content (AvgIpc) is 2.44. The number of benzene rings is 1. The molecule has 1 rings (SSSR count). The average molecular weight is 279 g/mol. The van der Waals surface area contributed by atoms with Gasteiger partial charge in [0.05, 0.1) is 18.8 Å². The first-order valence-electron chi connectivity index (χ1n) is 6.43. The number of aliphatic hydroxyl groups excluding tert-OH is 2. The third-order valence-corrected chi connectivity index (χ3v) is 2.71. The minimum absolute atomic E-state index is 0.0861. The highest BCUT2D eigenvalue weighted by molar-refractivity contribution is 5.96. The van der Waals surface area contributed by atoms with Crippen LogP contribution in [0.2, 0.25) is 0 Å². The summed E-state index contributed by atoms with van der Waals surface area (Å²) in [5.74, 6) is 4.60. The zero-order valence-electron chi connectivity index (χ0n) is 11.4. The molecule has 0 aliphatic heterocycles. The van der Waals surface area contributed by atoms with E-state index in [0.717, 1.165) is 0 Å². The lowest BCUT2D eigenvalue weighted by Crippen LogP contribution is -2.33. The van der Waals surface area contributed by atoms with E-state index in [1.807, 2.05) is 0 Å². The Morgan fingerprint density at radius 1 is 1.35 bits per heavy atom. The number of aliphatic hydroxyl groups is 2. The van der Waals surface area contributed by atoms with E-state index in [4.69, 9.17) is 10.2 Å². The second-order valence-corrected chi connectivity index (χ2v) is 4.07. The van der Waals surface area contributed by atoms with Crippen LogP contribution in [-0.4, -0.2) is 47.3 Å². The number of amides is 1. The summed E-state index contributed by atoms with van der Waals surface area (Å²) in [6.45, 7) is 2.24. The van der Waals surface area contributed by atoms with Crippen molar-refractivity contribution < 1.29 is 19.4 Å². The van der Waals surface area contributed by atoms with E-state index in [1.54, 1.807) is 6.92 Å². The fourth-order valence-electron chi connectivity index (χ4n) is 1.71. The molecule has 108 valence electrons. The van der Waals surface area contributed by atoms with Crippen molar-refractivity contribution in [1.29, 1.82) is 0 Å². The van der Waals surface area contributed by atoms with E-state index in [0.29, 0.717) is 17.7 Å². The summed E-state index contributed by atoms with van der Waals surface area (Å²) in [7, 11) is 0. The molecular formula is C15H18FNO3. The summed E-state index contributed by atoms with van der Waals surface area (Å²) >= 11 is 0. The Hall–Kier alpha value is -1.90. The lowest BCUT2D eigenvalue weighted by Gasteiger charge is -2.20. The van der Waals surface area contributed by atoms with Gasteiger partial charge in [-0.1, -0.05) is 11.8 Å². The van der Waals surface area contributed by atoms with Gasteiger partial charge in [-0.05, 0) is 25.1 Å². The van der Waals surface area contributed by atoms with E-state index in [9.17, 15) is 9.18 Å². The molecule has 4 nitrogen and oxygen atoms in total. The summed E-state index contributed by atoms with van der Waals surface area (Å²) in [6, 6.07) is 3.79. The summed E-state index contributed by atoms with van der Waals surface area (Å²) in [4.78, 5) is 13.8. The lowest BCUT2D eigenvalue weighted by atomic mass is 10.1. The molecule has 0 saturated carbocycles. The van der Waals surface area contributed by atoms with Crippen molar-refractivity contribution in [2.45, 2.75) is 13.3 Å². The number of halogens is 1. The Morgan fingerprint density at radius 3 is 2.70 bits per heavy atom. The molecule has 0 atom stereocenters. The minimum Gasteiger partial charge on any atom is -0.395 e. The fraction of sp³-hybridized carbons (Fsp3) is 0.400. The molecule has 1 aromatic rings. The molecule has 0 bridgehead atoms. The van der Waals surface area contributed by atoms with Crippen LogP contribution in [0.15, 0.2) is 18.2 Å². The summed E-state index contributed by atoms with van der Waals surface area (Å²) in [6.07, 6.45) is 0.262. The van der Waals surface area contributed by atoms with Crippen molar-refractivity contribution in [2.24, 2.45) is 0 Å². The molecular weight excluding hydrogens is 261 g/mol. The van der Waals surface area contributed by atoms with Gasteiger partial charge in [-0.15, -0.1) is 0 Å². The first-order chi connectivity index (χ1) is 9.63. The van der Waals surface area contributed by atoms with E-state index in [1.165, 1.54) is 23.1 Å². The van der Waals surface area contributed by atoms with E-state index in [-0.39, 0.29) is 32.1 Å². The van der Waals surface area contributed by atoms with Gasteiger partial charge in [-0.3, -0.25) is 4.79 Å². The number of hydrogen-bond donors (Lipinski definition) is 2. The maximum atomic E-state index is 13.3. The van der Waals surface area contributed by atoms with Gasteiger partial charge in [0.15, 0.2) is 0 Å². The molecule has 0 spiro atoms. The second kappa shape index (κ2) is 8.31. The highest BCUT2D eigenvalue weighted by Gasteiger charge is 2.17. The van der Waals surface area contributed by atoms with Crippen LogP contribution in [0.25, 0.3) is 0 Å². The highest BCUT2D eigenvalue weighted by Crippen LogP contribution is 2.13. The maximum Gasteiger partial charge on any atom is 0.255 e. The third kappa shape index (κ3) is 4.34. The minimum atomic E-state index is -0.472. The van der Waals surface area contributed by atoms with Gasteiger partial charge in [0.25, 0.3) is 5.91 Å². The van der Waals surface area contributed by atoms with Crippen molar-refractivity contribution in [3.8, 4) is 11.8 Å². The molecule has 0 fully saturated rings. The van der Waals surface area contributed by atoms with Crippen molar-refractivity contribution in [3.63, 3.8) is 0 Å². The molecule has 0 unspecified atom stereocenters. The van der Waals surface area contributed by atoms with Crippen LogP contribution < -0.4 is 0 Å². The Kier molecular flexibility index (Phi) is 6.71. The van der Waals surface area contributed by atoms with Crippen LogP contribution in [0, 0.1) is 17.7 Å². The monoisotopic (exact) mass is 279 g/mol. The molecule has 0 aliphatic rings. The van der Waals surface area contributed by atoms with Crippen molar-refractivity contribution in [3.05, 3.63) is 35.1 Å². The zero-order valence-corrected chi connectivity index (χ0v) is 11.4. The Bertz CT molecular complexity index is 520. The number of nitrogens with zero attached hydrogens (tertiary/aromatic N) is 1. The normalized spacial score (nSPS) is 9.80. The molecule has 20 heavy (non-hydrogen) atoms. The van der Waals surface area contributed by atoms with Gasteiger partial charge in [0.1, 0.15) is 5.82 Å². The highest BCUT2D eigenvalue weighted by atomic mass is 19.1. The predicted octanol–water partition coefficient (Wildman–Crippen LogP) is 1.01. The van der Waals surface area contributed by atoms with Gasteiger partial charge in [-0.25, -0.2) is 4.39 Å². The van der Waals surface area contributed by atoms with Gasteiger partial charge in [0, 0.05) is 25.1 Å². The van der Waals surface area contributed by atoms with Crippen LogP contribution in [0.3, 0.4) is 0 Å². The smallest absolute Gasteiger partial charge is 0.255 e. The number of hydrogen-bond acceptors (Lipinski definition) is 3. The zero-order chi connectivity index (χ0) is 15.0. The molecule has 0 radical (unpaired) electrons. The summed E-state index contributed by atoms with van der Waals surface area (Å²) in [5, 5.41) is 17.6. The molecule has 1 aromatic carbocycles. The second-order valence-electron chi connectivity index (χ2n) is 4.07. The molecule has 0 aliphatic carbocycles. The molecule has 0 heterocycles. The van der Waals surface area contributed by atoms with Gasteiger partial charge in [0.2, 0.25) is 0 Å². The van der Waals surface area contributed by atoms with Crippen molar-refractivity contribution in [2.75, 3.05) is 26.3 Å². The number of carbonyl (C=O) groups is 1. The summed E-state index contributed by atoms with van der Waals surface area (Å²) < 4.78 is 13.3. The Morgan fingerprint density at radius 2 is 2.10 bits per heavy atom. The van der Waals surface area contributed by atoms with Crippen LogP contribution in [-0.2, 0) is 0 Å². The summed E-state index contributed by atoms with van der Waals surface area (Å²) in [5.41, 5.74) is 0.590. The SMILES string of the molecule is CCN(CCO)C(=O)c1ccc(F)cc1C#CCCO. The lowest BCUT2D eigenvalue weighted by molar-refractivity contribution is 0.0731. The van der Waals surface area contributed by atoms with Gasteiger partial charge < -0.3 is 15.1 Å². The van der Waals surface area contributed by atoms with E-state index < -0.39 is 5.82 Å². The topological polar surface area (TPSA) is 60.8 Å². The largest absolute Gasteiger partial charge is 0.395 e. The predicted molar refractivity (Wildman–Crippen MR) is 73.6 cm³/mol. The first-order valence-corrected chi connectivity index (χ1v) is 6.43. The van der Waals surface area contributed by atoms with E-state index in [2.05, 4.69) is 11.8 Å². The van der Waals surface area contributed by atoms with Gasteiger partial charge in [-0.2, -0.15) is 0 Å². The number of rotatable bonds is 5. The number of carbonyl (C=O) groups excluding carboxylic acids is 1. The van der Waals surface area contributed by atoms with E-state index >= 15 is 0 Å². The molecule has 5 heteroatoms. The maximum absolute atomic E-state index is 13.3. The Balaban J connectivity index is 3.10. The standard InChI is InChI=1S/C15H18FNO3/c1-2-17(8-10-19)15(20)14-7-6-13(16)11-12(14)5-3-4-9-18/h6-7,11,18-19H,2,4,8-10H2,1H3. The molecule has 2 N–H and O–H groups in total. The molecule has 0 aromatic heterocycles. The van der Waals surface area contributed by atoms with Crippen LogP contribution >= 0.6 is 0 Å². The number of likely N-dealkylation sites (N-methyl/N-ethyl adjacent to an activating group) is 1. The quantitative estimate of drug-likeness (QED) is 0.791. The van der Waals surface area contributed by atoms with Crippen LogP contribution in [0.4, 0.5) is 4.39 Å². The van der Waals surface area contributed by atoms with Gasteiger partial charge >= 0.3 is 0 Å². The van der Waals surface area contributed by atoms with Crippen molar-refractivity contribution in [1.82, 2.24) is 4.90 Å². The van der Waals surface area contributed by atoms with Crippen LogP contribution in [0.1, 0.15) is 29.3 Å². The third-order valence-electron chi connectivity index (χ3n) is 2.71. The molecule has 0 saturated heterocycles.